The Morgan fingerprint density at radius 2 is 1.72 bits per heavy atom. The molecule has 0 aromatic heterocycles. The third kappa shape index (κ3) is 9.59. The first-order chi connectivity index (χ1) is 13.7. The lowest BCUT2D eigenvalue weighted by Crippen LogP contribution is -2.51. The monoisotopic (exact) mass is 406 g/mol. The quantitative estimate of drug-likeness (QED) is 0.442. The summed E-state index contributed by atoms with van der Waals surface area (Å²) in [5.41, 5.74) is 6.15. The molecule has 0 saturated heterocycles. The van der Waals surface area contributed by atoms with Crippen molar-refractivity contribution in [2.75, 3.05) is 11.9 Å². The summed E-state index contributed by atoms with van der Waals surface area (Å²) in [6.07, 6.45) is 1.16. The Bertz CT molecular complexity index is 703. The smallest absolute Gasteiger partial charge is 0.404 e. The zero-order valence-electron chi connectivity index (χ0n) is 17.1. The second kappa shape index (κ2) is 12.4. The zero-order chi connectivity index (χ0) is 21.8. The van der Waals surface area contributed by atoms with Crippen LogP contribution in [-0.2, 0) is 25.7 Å². The van der Waals surface area contributed by atoms with Gasteiger partial charge in [-0.25, -0.2) is 4.79 Å². The molecule has 1 unspecified atom stereocenters. The van der Waals surface area contributed by atoms with Crippen molar-refractivity contribution in [1.82, 2.24) is 10.6 Å². The topological polar surface area (TPSA) is 140 Å². The third-order valence-corrected chi connectivity index (χ3v) is 4.06. The highest BCUT2D eigenvalue weighted by molar-refractivity contribution is 5.96. The minimum Gasteiger partial charge on any atom is -0.445 e. The van der Waals surface area contributed by atoms with Gasteiger partial charge in [0.1, 0.15) is 12.6 Å². The maximum Gasteiger partial charge on any atom is 0.404 e. The Labute approximate surface area is 170 Å². The molecule has 0 aliphatic heterocycles. The number of benzene rings is 1. The van der Waals surface area contributed by atoms with Crippen LogP contribution in [0, 0.1) is 5.92 Å². The van der Waals surface area contributed by atoms with E-state index < -0.39 is 23.9 Å². The van der Waals surface area contributed by atoms with Crippen LogP contribution in [0.25, 0.3) is 0 Å². The van der Waals surface area contributed by atoms with Gasteiger partial charge in [-0.3, -0.25) is 14.4 Å². The average molecular weight is 406 g/mol. The SMILES string of the molecule is CCCCC(=O)NC(C(=O)NCC(=O)Nc1ccc(COC(N)=O)cc1)C(C)C. The van der Waals surface area contributed by atoms with E-state index in [1.807, 2.05) is 20.8 Å². The maximum atomic E-state index is 12.4. The summed E-state index contributed by atoms with van der Waals surface area (Å²) >= 11 is 0. The molecule has 0 fully saturated rings. The number of nitrogens with one attached hydrogen (secondary N) is 3. The number of nitrogens with two attached hydrogens (primary N) is 1. The normalized spacial score (nSPS) is 11.4. The first-order valence-corrected chi connectivity index (χ1v) is 9.61. The van der Waals surface area contributed by atoms with E-state index in [1.165, 1.54) is 0 Å². The molecule has 0 radical (unpaired) electrons. The second-order valence-corrected chi connectivity index (χ2v) is 6.96. The van der Waals surface area contributed by atoms with Crippen LogP contribution in [0.3, 0.4) is 0 Å². The number of primary amides is 1. The summed E-state index contributed by atoms with van der Waals surface area (Å²) in [5.74, 6) is -1.09. The van der Waals surface area contributed by atoms with E-state index in [4.69, 9.17) is 5.73 Å². The predicted octanol–water partition coefficient (Wildman–Crippen LogP) is 1.67. The second-order valence-electron chi connectivity index (χ2n) is 6.96. The van der Waals surface area contributed by atoms with Crippen LogP contribution in [0.15, 0.2) is 24.3 Å². The van der Waals surface area contributed by atoms with E-state index in [0.29, 0.717) is 17.7 Å². The summed E-state index contributed by atoms with van der Waals surface area (Å²) in [5, 5.41) is 7.93. The maximum absolute atomic E-state index is 12.4. The molecule has 160 valence electrons. The van der Waals surface area contributed by atoms with E-state index in [1.54, 1.807) is 24.3 Å². The number of amides is 4. The number of hydrogen-bond donors (Lipinski definition) is 4. The third-order valence-electron chi connectivity index (χ3n) is 4.06. The van der Waals surface area contributed by atoms with Gasteiger partial charge < -0.3 is 26.4 Å². The molecule has 0 spiro atoms. The molecule has 1 aromatic carbocycles. The first-order valence-electron chi connectivity index (χ1n) is 9.61. The van der Waals surface area contributed by atoms with Crippen molar-refractivity contribution < 1.29 is 23.9 Å². The molecule has 5 N–H and O–H groups in total. The van der Waals surface area contributed by atoms with Gasteiger partial charge in [-0.05, 0) is 30.0 Å². The molecule has 4 amide bonds. The lowest BCUT2D eigenvalue weighted by atomic mass is 10.0. The Balaban J connectivity index is 2.49. The van der Waals surface area contributed by atoms with Crippen LogP contribution < -0.4 is 21.7 Å². The molecule has 0 aliphatic rings. The molecule has 9 nitrogen and oxygen atoms in total. The molecular formula is C20H30N4O5. The molecule has 9 heteroatoms. The zero-order valence-corrected chi connectivity index (χ0v) is 17.1. The van der Waals surface area contributed by atoms with E-state index in [-0.39, 0.29) is 25.0 Å². The average Bonchev–Trinajstić information content (AvgIpc) is 2.67. The van der Waals surface area contributed by atoms with Gasteiger partial charge in [0.25, 0.3) is 0 Å². The van der Waals surface area contributed by atoms with Crippen molar-refractivity contribution in [3.8, 4) is 0 Å². The summed E-state index contributed by atoms with van der Waals surface area (Å²) in [4.78, 5) is 46.9. The van der Waals surface area contributed by atoms with Crippen molar-refractivity contribution in [3.05, 3.63) is 29.8 Å². The van der Waals surface area contributed by atoms with Gasteiger partial charge in [0.2, 0.25) is 17.7 Å². The molecule has 1 aromatic rings. The number of rotatable bonds is 11. The van der Waals surface area contributed by atoms with E-state index in [2.05, 4.69) is 20.7 Å². The van der Waals surface area contributed by atoms with Gasteiger partial charge in [0.15, 0.2) is 0 Å². The Hall–Kier alpha value is -3.10. The summed E-state index contributed by atoms with van der Waals surface area (Å²) in [7, 11) is 0. The molecule has 29 heavy (non-hydrogen) atoms. The predicted molar refractivity (Wildman–Crippen MR) is 109 cm³/mol. The van der Waals surface area contributed by atoms with Gasteiger partial charge in [-0.2, -0.15) is 0 Å². The minimum atomic E-state index is -0.862. The molecule has 0 saturated carbocycles. The highest BCUT2D eigenvalue weighted by Gasteiger charge is 2.24. The fourth-order valence-corrected chi connectivity index (χ4v) is 2.44. The first kappa shape index (κ1) is 23.9. The molecule has 1 rings (SSSR count). The highest BCUT2D eigenvalue weighted by atomic mass is 16.5. The molecular weight excluding hydrogens is 376 g/mol. The van der Waals surface area contributed by atoms with Gasteiger partial charge in [0.05, 0.1) is 6.54 Å². The van der Waals surface area contributed by atoms with Crippen LogP contribution in [0.1, 0.15) is 45.6 Å². The Kier molecular flexibility index (Phi) is 10.2. The number of hydrogen-bond acceptors (Lipinski definition) is 5. The molecule has 1 atom stereocenters. The van der Waals surface area contributed by atoms with Crippen LogP contribution in [0.4, 0.5) is 10.5 Å². The van der Waals surface area contributed by atoms with Gasteiger partial charge in [-0.15, -0.1) is 0 Å². The van der Waals surface area contributed by atoms with Crippen molar-refractivity contribution in [1.29, 1.82) is 0 Å². The molecule has 0 heterocycles. The Morgan fingerprint density at radius 3 is 2.28 bits per heavy atom. The fraction of sp³-hybridized carbons (Fsp3) is 0.500. The number of ether oxygens (including phenoxy) is 1. The van der Waals surface area contributed by atoms with E-state index >= 15 is 0 Å². The summed E-state index contributed by atoms with van der Waals surface area (Å²) in [6, 6.07) is 5.95. The van der Waals surface area contributed by atoms with Gasteiger partial charge in [0, 0.05) is 12.1 Å². The van der Waals surface area contributed by atoms with Crippen LogP contribution >= 0.6 is 0 Å². The minimum absolute atomic E-state index is 0.0418. The number of anilines is 1. The van der Waals surface area contributed by atoms with Crippen LogP contribution in [-0.4, -0.2) is 36.4 Å². The molecule has 0 aliphatic carbocycles. The van der Waals surface area contributed by atoms with E-state index in [9.17, 15) is 19.2 Å². The van der Waals surface area contributed by atoms with E-state index in [0.717, 1.165) is 12.8 Å². The molecule has 0 bridgehead atoms. The fourth-order valence-electron chi connectivity index (χ4n) is 2.44. The standard InChI is InChI=1S/C20H30N4O5/c1-4-5-6-16(25)24-18(13(2)3)19(27)22-11-17(26)23-15-9-7-14(8-10-15)12-29-20(21)28/h7-10,13,18H,4-6,11-12H2,1-3H3,(H2,21,28)(H,22,27)(H,23,26)(H,24,25). The van der Waals surface area contributed by atoms with Crippen LogP contribution in [0.2, 0.25) is 0 Å². The summed E-state index contributed by atoms with van der Waals surface area (Å²) < 4.78 is 4.68. The number of unbranched alkanes of at least 4 members (excludes halogenated alkanes) is 1. The van der Waals surface area contributed by atoms with Gasteiger partial charge >= 0.3 is 6.09 Å². The van der Waals surface area contributed by atoms with Crippen molar-refractivity contribution in [3.63, 3.8) is 0 Å². The number of carbonyl (C=O) groups excluding carboxylic acids is 4. The van der Waals surface area contributed by atoms with Crippen molar-refractivity contribution in [2.24, 2.45) is 11.7 Å². The van der Waals surface area contributed by atoms with Crippen LogP contribution in [0.5, 0.6) is 0 Å². The van der Waals surface area contributed by atoms with Gasteiger partial charge in [-0.1, -0.05) is 39.3 Å². The largest absolute Gasteiger partial charge is 0.445 e. The lowest BCUT2D eigenvalue weighted by molar-refractivity contribution is -0.130. The highest BCUT2D eigenvalue weighted by Crippen LogP contribution is 2.10. The van der Waals surface area contributed by atoms with Crippen molar-refractivity contribution in [2.45, 2.75) is 52.7 Å². The van der Waals surface area contributed by atoms with Crippen molar-refractivity contribution >= 4 is 29.5 Å². The number of carbonyl (C=O) groups is 4. The Morgan fingerprint density at radius 1 is 1.07 bits per heavy atom. The lowest BCUT2D eigenvalue weighted by Gasteiger charge is -2.21. The summed E-state index contributed by atoms with van der Waals surface area (Å²) in [6.45, 7) is 5.46.